The molecule has 0 spiro atoms. The maximum Gasteiger partial charge on any atom is 0.227 e. The summed E-state index contributed by atoms with van der Waals surface area (Å²) in [6.07, 6.45) is 8.34. The van der Waals surface area contributed by atoms with Crippen molar-refractivity contribution in [1.82, 2.24) is 0 Å². The third kappa shape index (κ3) is 5.00. The highest BCUT2D eigenvalue weighted by molar-refractivity contribution is 9.10. The molecule has 2 rings (SSSR count). The lowest BCUT2D eigenvalue weighted by Crippen LogP contribution is -2.27. The molecule has 1 aromatic rings. The van der Waals surface area contributed by atoms with E-state index in [9.17, 15) is 4.79 Å². The Morgan fingerprint density at radius 2 is 2.05 bits per heavy atom. The first-order chi connectivity index (χ1) is 10.1. The molecule has 4 heteroatoms. The fraction of sp³-hybridized carbons (Fsp3) is 0.588. The minimum Gasteiger partial charge on any atom is -0.326 e. The van der Waals surface area contributed by atoms with Gasteiger partial charge >= 0.3 is 0 Å². The maximum absolute atomic E-state index is 12.3. The van der Waals surface area contributed by atoms with Crippen LogP contribution in [0.3, 0.4) is 0 Å². The number of halogens is 2. The topological polar surface area (TPSA) is 29.1 Å². The molecule has 1 aliphatic rings. The van der Waals surface area contributed by atoms with Crippen LogP contribution in [0, 0.1) is 11.8 Å². The number of anilines is 1. The van der Waals surface area contributed by atoms with Gasteiger partial charge in [0.05, 0.1) is 5.02 Å². The van der Waals surface area contributed by atoms with Gasteiger partial charge in [-0.25, -0.2) is 0 Å². The second-order valence-electron chi connectivity index (χ2n) is 5.98. The Bertz CT molecular complexity index is 484. The fourth-order valence-electron chi connectivity index (χ4n) is 3.02. The Kier molecular flexibility index (Phi) is 6.56. The van der Waals surface area contributed by atoms with Crippen LogP contribution in [0.4, 0.5) is 5.69 Å². The first-order valence-electron chi connectivity index (χ1n) is 7.86. The third-order valence-electron chi connectivity index (χ3n) is 4.37. The van der Waals surface area contributed by atoms with Crippen molar-refractivity contribution in [3.63, 3.8) is 0 Å². The van der Waals surface area contributed by atoms with Gasteiger partial charge in [-0.2, -0.15) is 0 Å². The molecule has 1 aromatic carbocycles. The largest absolute Gasteiger partial charge is 0.326 e. The maximum atomic E-state index is 12.3. The van der Waals surface area contributed by atoms with Crippen molar-refractivity contribution < 1.29 is 4.79 Å². The van der Waals surface area contributed by atoms with Crippen molar-refractivity contribution in [3.8, 4) is 0 Å². The van der Waals surface area contributed by atoms with Gasteiger partial charge in [-0.05, 0) is 65.7 Å². The second-order valence-corrected chi connectivity index (χ2v) is 7.24. The lowest BCUT2D eigenvalue weighted by Gasteiger charge is -2.27. The number of hydrogen-bond donors (Lipinski definition) is 1. The molecule has 0 radical (unpaired) electrons. The monoisotopic (exact) mass is 371 g/mol. The van der Waals surface area contributed by atoms with Crippen LogP contribution >= 0.6 is 27.5 Å². The predicted octanol–water partition coefficient (Wildman–Crippen LogP) is 6.04. The fourth-order valence-corrected chi connectivity index (χ4v) is 3.45. The number of benzene rings is 1. The van der Waals surface area contributed by atoms with E-state index < -0.39 is 0 Å². The van der Waals surface area contributed by atoms with Crippen LogP contribution in [0.2, 0.25) is 5.02 Å². The Labute approximate surface area is 140 Å². The van der Waals surface area contributed by atoms with Crippen LogP contribution in [0.15, 0.2) is 22.7 Å². The van der Waals surface area contributed by atoms with Crippen molar-refractivity contribution in [2.24, 2.45) is 11.8 Å². The van der Waals surface area contributed by atoms with Crippen LogP contribution in [-0.2, 0) is 4.79 Å². The van der Waals surface area contributed by atoms with Crippen molar-refractivity contribution in [2.45, 2.75) is 51.9 Å². The van der Waals surface area contributed by atoms with Gasteiger partial charge in [0.15, 0.2) is 0 Å². The summed E-state index contributed by atoms with van der Waals surface area (Å²) in [5.74, 6) is 1.13. The quantitative estimate of drug-likeness (QED) is 0.671. The van der Waals surface area contributed by atoms with E-state index in [-0.39, 0.29) is 11.8 Å². The summed E-state index contributed by atoms with van der Waals surface area (Å²) >= 11 is 9.41. The normalized spacial score (nSPS) is 22.0. The van der Waals surface area contributed by atoms with E-state index in [0.717, 1.165) is 28.9 Å². The SMILES string of the molecule is CCCCC1CCC(C(=O)Nc2ccc(Br)c(Cl)c2)CC1. The number of carbonyl (C=O) groups is 1. The van der Waals surface area contributed by atoms with Gasteiger partial charge in [-0.3, -0.25) is 4.79 Å². The average molecular weight is 373 g/mol. The highest BCUT2D eigenvalue weighted by Crippen LogP contribution is 2.33. The molecule has 1 aliphatic carbocycles. The molecule has 21 heavy (non-hydrogen) atoms. The number of amides is 1. The van der Waals surface area contributed by atoms with E-state index in [4.69, 9.17) is 11.6 Å². The minimum atomic E-state index is 0.141. The zero-order valence-electron chi connectivity index (χ0n) is 12.5. The van der Waals surface area contributed by atoms with Gasteiger partial charge in [-0.15, -0.1) is 0 Å². The smallest absolute Gasteiger partial charge is 0.227 e. The van der Waals surface area contributed by atoms with Crippen molar-refractivity contribution in [2.75, 3.05) is 5.32 Å². The van der Waals surface area contributed by atoms with Gasteiger partial charge in [0.25, 0.3) is 0 Å². The molecule has 1 amide bonds. The summed E-state index contributed by atoms with van der Waals surface area (Å²) in [4.78, 5) is 12.3. The summed E-state index contributed by atoms with van der Waals surface area (Å²) in [6.45, 7) is 2.24. The summed E-state index contributed by atoms with van der Waals surface area (Å²) in [7, 11) is 0. The predicted molar refractivity (Wildman–Crippen MR) is 92.8 cm³/mol. The number of rotatable bonds is 5. The van der Waals surface area contributed by atoms with Crippen molar-refractivity contribution >= 4 is 39.1 Å². The lowest BCUT2D eigenvalue weighted by molar-refractivity contribution is -0.121. The first kappa shape index (κ1) is 16.8. The summed E-state index contributed by atoms with van der Waals surface area (Å²) in [6, 6.07) is 5.52. The van der Waals surface area contributed by atoms with E-state index in [1.165, 1.54) is 32.1 Å². The molecule has 0 heterocycles. The third-order valence-corrected chi connectivity index (χ3v) is 5.60. The van der Waals surface area contributed by atoms with Crippen LogP contribution in [-0.4, -0.2) is 5.91 Å². The molecule has 0 bridgehead atoms. The molecule has 0 aliphatic heterocycles. The number of hydrogen-bond acceptors (Lipinski definition) is 1. The zero-order valence-corrected chi connectivity index (χ0v) is 14.8. The summed E-state index contributed by atoms with van der Waals surface area (Å²) in [5.41, 5.74) is 0.779. The summed E-state index contributed by atoms with van der Waals surface area (Å²) < 4.78 is 0.846. The number of unbranched alkanes of at least 4 members (excludes halogenated alkanes) is 1. The number of carbonyl (C=O) groups excluding carboxylic acids is 1. The van der Waals surface area contributed by atoms with Gasteiger partial charge in [-0.1, -0.05) is 37.8 Å². The minimum absolute atomic E-state index is 0.141. The van der Waals surface area contributed by atoms with Crippen LogP contribution in [0.1, 0.15) is 51.9 Å². The Morgan fingerprint density at radius 3 is 2.67 bits per heavy atom. The van der Waals surface area contributed by atoms with E-state index >= 15 is 0 Å². The molecule has 2 nitrogen and oxygen atoms in total. The molecule has 0 atom stereocenters. The van der Waals surface area contributed by atoms with Crippen molar-refractivity contribution in [1.29, 1.82) is 0 Å². The molecule has 1 N–H and O–H groups in total. The molecule has 1 fully saturated rings. The Hall–Kier alpha value is -0.540. The molecule has 0 saturated heterocycles. The first-order valence-corrected chi connectivity index (χ1v) is 9.03. The molecule has 0 unspecified atom stereocenters. The van der Waals surface area contributed by atoms with Crippen molar-refractivity contribution in [3.05, 3.63) is 27.7 Å². The van der Waals surface area contributed by atoms with E-state index in [1.54, 1.807) is 6.07 Å². The van der Waals surface area contributed by atoms with E-state index in [0.29, 0.717) is 5.02 Å². The Morgan fingerprint density at radius 1 is 1.33 bits per heavy atom. The van der Waals surface area contributed by atoms with Crippen LogP contribution in [0.25, 0.3) is 0 Å². The zero-order chi connectivity index (χ0) is 15.2. The summed E-state index contributed by atoms with van der Waals surface area (Å²) in [5, 5.41) is 3.61. The second kappa shape index (κ2) is 8.19. The molecule has 0 aromatic heterocycles. The van der Waals surface area contributed by atoms with Gasteiger partial charge in [0, 0.05) is 16.1 Å². The molecule has 116 valence electrons. The van der Waals surface area contributed by atoms with Crippen LogP contribution < -0.4 is 5.32 Å². The van der Waals surface area contributed by atoms with Gasteiger partial charge in [0.2, 0.25) is 5.91 Å². The molecule has 1 saturated carbocycles. The molecular weight excluding hydrogens is 350 g/mol. The van der Waals surface area contributed by atoms with E-state index in [2.05, 4.69) is 28.2 Å². The Balaban J connectivity index is 1.83. The lowest BCUT2D eigenvalue weighted by atomic mass is 9.79. The average Bonchev–Trinajstić information content (AvgIpc) is 2.49. The standard InChI is InChI=1S/C17H23BrClNO/c1-2-3-4-12-5-7-13(8-6-12)17(21)20-14-9-10-15(18)16(19)11-14/h9-13H,2-8H2,1H3,(H,20,21). The highest BCUT2D eigenvalue weighted by Gasteiger charge is 2.26. The van der Waals surface area contributed by atoms with Gasteiger partial charge in [0.1, 0.15) is 0 Å². The van der Waals surface area contributed by atoms with E-state index in [1.807, 2.05) is 12.1 Å². The highest BCUT2D eigenvalue weighted by atomic mass is 79.9. The van der Waals surface area contributed by atoms with Gasteiger partial charge < -0.3 is 5.32 Å². The number of nitrogens with one attached hydrogen (secondary N) is 1. The molecular formula is C17H23BrClNO. The van der Waals surface area contributed by atoms with Crippen LogP contribution in [0.5, 0.6) is 0 Å².